The number of hydrogen-bond acceptors (Lipinski definition) is 2. The first-order valence-electron chi connectivity index (χ1n) is 5.67. The van der Waals surface area contributed by atoms with Gasteiger partial charge in [-0.3, -0.25) is 0 Å². The van der Waals surface area contributed by atoms with Crippen molar-refractivity contribution < 1.29 is 0 Å². The summed E-state index contributed by atoms with van der Waals surface area (Å²) in [6, 6.07) is 8.92. The van der Waals surface area contributed by atoms with Gasteiger partial charge < -0.3 is 10.2 Å². The highest BCUT2D eigenvalue weighted by molar-refractivity contribution is 5.48. The molecule has 86 valence electrons. The number of anilines is 1. The number of nitrogens with one attached hydrogen (secondary N) is 1. The lowest BCUT2D eigenvalue weighted by Gasteiger charge is -2.18. The molecule has 1 aromatic rings. The summed E-state index contributed by atoms with van der Waals surface area (Å²) < 4.78 is 0. The zero-order valence-electron chi connectivity index (χ0n) is 10.3. The molecule has 16 heavy (non-hydrogen) atoms. The maximum Gasteiger partial charge on any atom is 0.0788 e. The van der Waals surface area contributed by atoms with Crippen molar-refractivity contribution in [3.8, 4) is 12.3 Å². The van der Waals surface area contributed by atoms with Gasteiger partial charge >= 0.3 is 0 Å². The van der Waals surface area contributed by atoms with Gasteiger partial charge in [-0.25, -0.2) is 0 Å². The number of hydrogen-bond donors (Lipinski definition) is 1. The Hall–Kier alpha value is -1.46. The van der Waals surface area contributed by atoms with E-state index in [2.05, 4.69) is 54.3 Å². The summed E-state index contributed by atoms with van der Waals surface area (Å²) in [6.45, 7) is 5.91. The molecule has 1 N–H and O–H groups in total. The summed E-state index contributed by atoms with van der Waals surface area (Å²) in [5.41, 5.74) is 2.46. The molecule has 1 aromatic carbocycles. The van der Waals surface area contributed by atoms with Crippen molar-refractivity contribution in [2.24, 2.45) is 0 Å². The molecule has 1 atom stereocenters. The molecule has 1 rings (SSSR count). The van der Waals surface area contributed by atoms with Gasteiger partial charge in [0.05, 0.1) is 6.54 Å². The van der Waals surface area contributed by atoms with Crippen molar-refractivity contribution in [2.45, 2.75) is 19.9 Å². The fourth-order valence-corrected chi connectivity index (χ4v) is 1.67. The topological polar surface area (TPSA) is 15.3 Å². The van der Waals surface area contributed by atoms with E-state index in [1.165, 1.54) is 5.56 Å². The summed E-state index contributed by atoms with van der Waals surface area (Å²) in [5.74, 6) is 2.64. The predicted molar refractivity (Wildman–Crippen MR) is 70.6 cm³/mol. The van der Waals surface area contributed by atoms with Crippen LogP contribution in [0.15, 0.2) is 24.3 Å². The number of rotatable bonds is 5. The molecular weight excluding hydrogens is 196 g/mol. The fraction of sp³-hybridized carbons (Fsp3) is 0.429. The van der Waals surface area contributed by atoms with E-state index in [4.69, 9.17) is 6.42 Å². The van der Waals surface area contributed by atoms with Crippen LogP contribution in [0.4, 0.5) is 5.69 Å². The van der Waals surface area contributed by atoms with Crippen LogP contribution in [-0.4, -0.2) is 20.1 Å². The molecule has 1 unspecified atom stereocenters. The summed E-state index contributed by atoms with van der Waals surface area (Å²) >= 11 is 0. The van der Waals surface area contributed by atoms with Crippen LogP contribution in [-0.2, 0) is 0 Å². The average Bonchev–Trinajstić information content (AvgIpc) is 2.30. The highest BCUT2D eigenvalue weighted by atomic mass is 15.1. The minimum Gasteiger partial charge on any atom is -0.363 e. The maximum absolute atomic E-state index is 5.28. The lowest BCUT2D eigenvalue weighted by Crippen LogP contribution is -2.19. The van der Waals surface area contributed by atoms with Gasteiger partial charge in [0.2, 0.25) is 0 Å². The van der Waals surface area contributed by atoms with Crippen LogP contribution in [0.2, 0.25) is 0 Å². The molecular formula is C14H20N2. The zero-order chi connectivity index (χ0) is 12.0. The van der Waals surface area contributed by atoms with Crippen LogP contribution in [0.25, 0.3) is 0 Å². The van der Waals surface area contributed by atoms with Crippen molar-refractivity contribution >= 4 is 5.69 Å². The molecule has 0 saturated heterocycles. The zero-order valence-corrected chi connectivity index (χ0v) is 10.3. The second kappa shape index (κ2) is 6.19. The van der Waals surface area contributed by atoms with Gasteiger partial charge in [-0.2, -0.15) is 0 Å². The first kappa shape index (κ1) is 12.6. The quantitative estimate of drug-likeness (QED) is 0.760. The number of nitrogens with zero attached hydrogens (tertiary/aromatic N) is 1. The molecule has 0 saturated carbocycles. The van der Waals surface area contributed by atoms with Gasteiger partial charge in [0.1, 0.15) is 0 Å². The summed E-state index contributed by atoms with van der Waals surface area (Å²) in [7, 11) is 2.00. The molecule has 0 bridgehead atoms. The van der Waals surface area contributed by atoms with Gasteiger partial charge in [-0.15, -0.1) is 6.42 Å². The first-order chi connectivity index (χ1) is 7.69. The smallest absolute Gasteiger partial charge is 0.0788 e. The van der Waals surface area contributed by atoms with E-state index < -0.39 is 0 Å². The van der Waals surface area contributed by atoms with Crippen LogP contribution >= 0.6 is 0 Å². The molecule has 0 fully saturated rings. The Kier molecular flexibility index (Phi) is 4.88. The SMILES string of the molecule is C#CCN(C)c1ccc(C(C)NCC)cc1. The Balaban J connectivity index is 2.71. The molecule has 0 amide bonds. The van der Waals surface area contributed by atoms with Gasteiger partial charge in [0, 0.05) is 18.8 Å². The largest absolute Gasteiger partial charge is 0.363 e. The van der Waals surface area contributed by atoms with Crippen molar-refractivity contribution in [2.75, 3.05) is 25.0 Å². The summed E-state index contributed by atoms with van der Waals surface area (Å²) in [5, 5.41) is 3.39. The standard InChI is InChI=1S/C14H20N2/c1-5-11-16(4)14-9-7-13(8-10-14)12(3)15-6-2/h1,7-10,12,15H,6,11H2,2-4H3. The molecule has 0 aliphatic rings. The molecule has 2 nitrogen and oxygen atoms in total. The number of terminal acetylenes is 1. The second-order valence-corrected chi connectivity index (χ2v) is 3.93. The van der Waals surface area contributed by atoms with Gasteiger partial charge in [-0.1, -0.05) is 25.0 Å². The van der Waals surface area contributed by atoms with Crippen LogP contribution in [0.3, 0.4) is 0 Å². The minimum absolute atomic E-state index is 0.400. The molecule has 0 spiro atoms. The van der Waals surface area contributed by atoms with E-state index in [1.807, 2.05) is 7.05 Å². The van der Waals surface area contributed by atoms with Crippen molar-refractivity contribution in [1.82, 2.24) is 5.32 Å². The van der Waals surface area contributed by atoms with Crippen LogP contribution in [0.5, 0.6) is 0 Å². The van der Waals surface area contributed by atoms with E-state index >= 15 is 0 Å². The molecule has 2 heteroatoms. The Bertz CT molecular complexity index is 348. The van der Waals surface area contributed by atoms with Gasteiger partial charge in [-0.05, 0) is 31.2 Å². The van der Waals surface area contributed by atoms with Crippen molar-refractivity contribution in [1.29, 1.82) is 0 Å². The fourth-order valence-electron chi connectivity index (χ4n) is 1.67. The number of benzene rings is 1. The van der Waals surface area contributed by atoms with Gasteiger partial charge in [0.15, 0.2) is 0 Å². The first-order valence-corrected chi connectivity index (χ1v) is 5.67. The molecule has 0 radical (unpaired) electrons. The van der Waals surface area contributed by atoms with Crippen LogP contribution < -0.4 is 10.2 Å². The Morgan fingerprint density at radius 2 is 2.00 bits per heavy atom. The minimum atomic E-state index is 0.400. The molecule has 0 aromatic heterocycles. The van der Waals surface area contributed by atoms with E-state index in [9.17, 15) is 0 Å². The second-order valence-electron chi connectivity index (χ2n) is 3.93. The molecule has 0 aliphatic carbocycles. The monoisotopic (exact) mass is 216 g/mol. The summed E-state index contributed by atoms with van der Waals surface area (Å²) in [4.78, 5) is 2.06. The Morgan fingerprint density at radius 3 is 2.50 bits per heavy atom. The third-order valence-corrected chi connectivity index (χ3v) is 2.67. The van der Waals surface area contributed by atoms with E-state index in [0.717, 1.165) is 12.2 Å². The molecule has 0 heterocycles. The van der Waals surface area contributed by atoms with Crippen LogP contribution in [0, 0.1) is 12.3 Å². The molecule has 0 aliphatic heterocycles. The van der Waals surface area contributed by atoms with Crippen molar-refractivity contribution in [3.63, 3.8) is 0 Å². The Morgan fingerprint density at radius 1 is 1.38 bits per heavy atom. The normalized spacial score (nSPS) is 11.9. The lowest BCUT2D eigenvalue weighted by molar-refractivity contribution is 0.598. The predicted octanol–water partition coefficient (Wildman–Crippen LogP) is 2.43. The van der Waals surface area contributed by atoms with E-state index in [1.54, 1.807) is 0 Å². The Labute approximate surface area is 98.7 Å². The van der Waals surface area contributed by atoms with E-state index in [-0.39, 0.29) is 0 Å². The van der Waals surface area contributed by atoms with E-state index in [0.29, 0.717) is 12.6 Å². The van der Waals surface area contributed by atoms with Gasteiger partial charge in [0.25, 0.3) is 0 Å². The highest BCUT2D eigenvalue weighted by Gasteiger charge is 2.04. The highest BCUT2D eigenvalue weighted by Crippen LogP contribution is 2.17. The van der Waals surface area contributed by atoms with Crippen LogP contribution in [0.1, 0.15) is 25.5 Å². The third kappa shape index (κ3) is 3.29. The average molecular weight is 216 g/mol. The lowest BCUT2D eigenvalue weighted by atomic mass is 10.1. The third-order valence-electron chi connectivity index (χ3n) is 2.67. The maximum atomic E-state index is 5.28. The van der Waals surface area contributed by atoms with Crippen molar-refractivity contribution in [3.05, 3.63) is 29.8 Å². The summed E-state index contributed by atoms with van der Waals surface area (Å²) in [6.07, 6.45) is 5.28.